The number of nitrogens with zero attached hydrogens (tertiary/aromatic N) is 3. The summed E-state index contributed by atoms with van der Waals surface area (Å²) >= 11 is 0. The predicted octanol–water partition coefficient (Wildman–Crippen LogP) is 2.79. The summed E-state index contributed by atoms with van der Waals surface area (Å²) < 4.78 is 0. The summed E-state index contributed by atoms with van der Waals surface area (Å²) in [5.41, 5.74) is 2.14. The van der Waals surface area contributed by atoms with Gasteiger partial charge in [-0.15, -0.1) is 0 Å². The topological polar surface area (TPSA) is 75.2 Å². The number of nitrogens with one attached hydrogen (secondary N) is 1. The van der Waals surface area contributed by atoms with Crippen molar-refractivity contribution >= 4 is 11.8 Å². The molecular formula is C20H24N4O2. The number of benzene rings is 1. The van der Waals surface area contributed by atoms with Crippen LogP contribution >= 0.6 is 0 Å². The summed E-state index contributed by atoms with van der Waals surface area (Å²) in [4.78, 5) is 35.1. The average Bonchev–Trinajstić information content (AvgIpc) is 2.66. The quantitative estimate of drug-likeness (QED) is 0.918. The van der Waals surface area contributed by atoms with Gasteiger partial charge in [0.2, 0.25) is 5.91 Å². The fourth-order valence-corrected chi connectivity index (χ4v) is 3.32. The number of hydrogen-bond donors (Lipinski definition) is 1. The molecule has 1 aliphatic heterocycles. The van der Waals surface area contributed by atoms with E-state index in [2.05, 4.69) is 15.3 Å². The molecule has 3 rings (SSSR count). The van der Waals surface area contributed by atoms with Crippen LogP contribution in [-0.4, -0.2) is 33.2 Å². The second-order valence-electron chi connectivity index (χ2n) is 6.62. The molecule has 1 aliphatic rings. The molecule has 6 heteroatoms. The molecule has 1 N–H and O–H groups in total. The largest absolute Gasteiger partial charge is 0.348 e. The van der Waals surface area contributed by atoms with E-state index in [0.717, 1.165) is 31.4 Å². The molecule has 0 unspecified atom stereocenters. The van der Waals surface area contributed by atoms with Gasteiger partial charge in [0, 0.05) is 26.2 Å². The zero-order valence-electron chi connectivity index (χ0n) is 15.2. The number of aromatic nitrogens is 2. The maximum atomic E-state index is 12.4. The normalized spacial score (nSPS) is 17.0. The summed E-state index contributed by atoms with van der Waals surface area (Å²) in [5, 5.41) is 2.90. The molecule has 2 amide bonds. The Morgan fingerprint density at radius 1 is 1.23 bits per heavy atom. The number of piperidine rings is 1. The number of amides is 2. The molecule has 0 radical (unpaired) electrons. The summed E-state index contributed by atoms with van der Waals surface area (Å²) in [5.74, 6) is 0.475. The van der Waals surface area contributed by atoms with Crippen molar-refractivity contribution in [1.29, 1.82) is 0 Å². The van der Waals surface area contributed by atoms with E-state index in [0.29, 0.717) is 23.6 Å². The maximum absolute atomic E-state index is 12.4. The van der Waals surface area contributed by atoms with Gasteiger partial charge in [0.15, 0.2) is 5.82 Å². The lowest BCUT2D eigenvalue weighted by molar-refractivity contribution is -0.132. The first-order chi connectivity index (χ1) is 12.6. The average molecular weight is 352 g/mol. The first kappa shape index (κ1) is 18.0. The maximum Gasteiger partial charge on any atom is 0.254 e. The van der Waals surface area contributed by atoms with Crippen LogP contribution in [0.25, 0.3) is 0 Å². The molecule has 1 aromatic carbocycles. The lowest BCUT2D eigenvalue weighted by atomic mass is 10.0. The van der Waals surface area contributed by atoms with Crippen molar-refractivity contribution in [2.24, 2.45) is 0 Å². The van der Waals surface area contributed by atoms with Gasteiger partial charge in [0.05, 0.1) is 17.3 Å². The Balaban J connectivity index is 1.72. The Morgan fingerprint density at radius 3 is 2.69 bits per heavy atom. The minimum absolute atomic E-state index is 0.0423. The van der Waals surface area contributed by atoms with Crippen LogP contribution in [0.5, 0.6) is 0 Å². The predicted molar refractivity (Wildman–Crippen MR) is 98.4 cm³/mol. The second-order valence-corrected chi connectivity index (χ2v) is 6.62. The van der Waals surface area contributed by atoms with Gasteiger partial charge in [-0.2, -0.15) is 0 Å². The van der Waals surface area contributed by atoms with Gasteiger partial charge in [-0.25, -0.2) is 9.97 Å². The fourth-order valence-electron chi connectivity index (χ4n) is 3.32. The molecule has 1 atom stereocenters. The van der Waals surface area contributed by atoms with E-state index in [9.17, 15) is 9.59 Å². The van der Waals surface area contributed by atoms with Crippen molar-refractivity contribution in [3.8, 4) is 0 Å². The smallest absolute Gasteiger partial charge is 0.254 e. The van der Waals surface area contributed by atoms with Gasteiger partial charge >= 0.3 is 0 Å². The van der Waals surface area contributed by atoms with Gasteiger partial charge in [0.25, 0.3) is 5.91 Å². The van der Waals surface area contributed by atoms with E-state index in [1.54, 1.807) is 13.1 Å². The molecule has 1 aromatic heterocycles. The summed E-state index contributed by atoms with van der Waals surface area (Å²) in [6, 6.07) is 9.66. The van der Waals surface area contributed by atoms with E-state index >= 15 is 0 Å². The minimum Gasteiger partial charge on any atom is -0.348 e. The van der Waals surface area contributed by atoms with Crippen LogP contribution in [0.2, 0.25) is 0 Å². The zero-order valence-corrected chi connectivity index (χ0v) is 15.2. The lowest BCUT2D eigenvalue weighted by Crippen LogP contribution is -2.38. The molecule has 136 valence electrons. The standard InChI is InChI=1S/C20H24N4O2/c1-14-17(20(26)22-12-16-8-4-3-5-9-16)13-21-19(23-14)18-10-6-7-11-24(18)15(2)25/h3-5,8-9,13,18H,6-7,10-12H2,1-2H3,(H,22,26)/t18-/m0/s1. The molecule has 0 aliphatic carbocycles. The van der Waals surface area contributed by atoms with Crippen LogP contribution in [0.1, 0.15) is 59.7 Å². The molecule has 0 bridgehead atoms. The summed E-state index contributed by atoms with van der Waals surface area (Å²) in [7, 11) is 0. The first-order valence-electron chi connectivity index (χ1n) is 8.99. The van der Waals surface area contributed by atoms with Crippen molar-refractivity contribution in [2.45, 2.75) is 45.7 Å². The highest BCUT2D eigenvalue weighted by molar-refractivity contribution is 5.94. The van der Waals surface area contributed by atoms with E-state index in [4.69, 9.17) is 0 Å². The number of likely N-dealkylation sites (tertiary alicyclic amines) is 1. The molecule has 0 spiro atoms. The van der Waals surface area contributed by atoms with Gasteiger partial charge < -0.3 is 10.2 Å². The van der Waals surface area contributed by atoms with Crippen molar-refractivity contribution < 1.29 is 9.59 Å². The van der Waals surface area contributed by atoms with Crippen molar-refractivity contribution in [2.75, 3.05) is 6.54 Å². The number of hydrogen-bond acceptors (Lipinski definition) is 4. The molecule has 26 heavy (non-hydrogen) atoms. The van der Waals surface area contributed by atoms with Gasteiger partial charge in [0.1, 0.15) is 0 Å². The third-order valence-electron chi connectivity index (χ3n) is 4.74. The van der Waals surface area contributed by atoms with Crippen molar-refractivity contribution in [3.63, 3.8) is 0 Å². The number of carbonyl (C=O) groups is 2. The molecule has 0 saturated carbocycles. The molecule has 6 nitrogen and oxygen atoms in total. The van der Waals surface area contributed by atoms with E-state index < -0.39 is 0 Å². The SMILES string of the molecule is CC(=O)N1CCCC[C@H]1c1ncc(C(=O)NCc2ccccc2)c(C)n1. The third kappa shape index (κ3) is 4.07. The van der Waals surface area contributed by atoms with E-state index in [1.807, 2.05) is 42.2 Å². The highest BCUT2D eigenvalue weighted by atomic mass is 16.2. The summed E-state index contributed by atoms with van der Waals surface area (Å²) in [6.45, 7) is 4.59. The Morgan fingerprint density at radius 2 is 2.00 bits per heavy atom. The molecular weight excluding hydrogens is 328 g/mol. The van der Waals surface area contributed by atoms with Crippen LogP contribution in [0.4, 0.5) is 0 Å². The molecule has 2 aromatic rings. The number of aryl methyl sites for hydroxylation is 1. The number of carbonyl (C=O) groups excluding carboxylic acids is 2. The third-order valence-corrected chi connectivity index (χ3v) is 4.74. The highest BCUT2D eigenvalue weighted by Gasteiger charge is 2.28. The van der Waals surface area contributed by atoms with Crippen molar-refractivity contribution in [1.82, 2.24) is 20.2 Å². The number of rotatable bonds is 4. The van der Waals surface area contributed by atoms with E-state index in [-0.39, 0.29) is 17.9 Å². The summed E-state index contributed by atoms with van der Waals surface area (Å²) in [6.07, 6.45) is 4.49. The first-order valence-corrected chi connectivity index (χ1v) is 8.99. The zero-order chi connectivity index (χ0) is 18.5. The van der Waals surface area contributed by atoms with E-state index in [1.165, 1.54) is 0 Å². The van der Waals surface area contributed by atoms with Crippen molar-refractivity contribution in [3.05, 3.63) is 59.2 Å². The van der Waals surface area contributed by atoms with Gasteiger partial charge in [-0.3, -0.25) is 9.59 Å². The van der Waals surface area contributed by atoms with Gasteiger partial charge in [-0.05, 0) is 31.7 Å². The monoisotopic (exact) mass is 352 g/mol. The van der Waals surface area contributed by atoms with Crippen LogP contribution in [0.15, 0.2) is 36.5 Å². The van der Waals surface area contributed by atoms with Crippen LogP contribution in [0, 0.1) is 6.92 Å². The van der Waals surface area contributed by atoms with Crippen LogP contribution in [0.3, 0.4) is 0 Å². The Kier molecular flexibility index (Phi) is 5.61. The lowest BCUT2D eigenvalue weighted by Gasteiger charge is -2.34. The second kappa shape index (κ2) is 8.08. The minimum atomic E-state index is -0.190. The highest BCUT2D eigenvalue weighted by Crippen LogP contribution is 2.29. The Bertz CT molecular complexity index is 792. The Hall–Kier alpha value is -2.76. The molecule has 1 saturated heterocycles. The molecule has 2 heterocycles. The fraction of sp³-hybridized carbons (Fsp3) is 0.400. The van der Waals surface area contributed by atoms with Gasteiger partial charge in [-0.1, -0.05) is 30.3 Å². The van der Waals surface area contributed by atoms with Crippen LogP contribution in [-0.2, 0) is 11.3 Å². The van der Waals surface area contributed by atoms with Crippen LogP contribution < -0.4 is 5.32 Å². The molecule has 1 fully saturated rings. The Labute approximate surface area is 153 Å².